The van der Waals surface area contributed by atoms with E-state index in [1.54, 1.807) is 0 Å². The molecule has 0 saturated carbocycles. The number of nitrogens with one attached hydrogen (secondary N) is 2. The van der Waals surface area contributed by atoms with Crippen molar-refractivity contribution in [3.63, 3.8) is 0 Å². The van der Waals surface area contributed by atoms with Crippen molar-refractivity contribution in [1.82, 2.24) is 10.2 Å². The molecule has 1 aromatic carbocycles. The summed E-state index contributed by atoms with van der Waals surface area (Å²) in [5, 5.41) is 7.63. The number of anilines is 1. The number of hydrogen-bond donors (Lipinski definition) is 2. The van der Waals surface area contributed by atoms with Crippen molar-refractivity contribution in [2.24, 2.45) is 0 Å². The highest BCUT2D eigenvalue weighted by molar-refractivity contribution is 9.10. The molecule has 0 spiro atoms. The average Bonchev–Trinajstić information content (AvgIpc) is 2.49. The van der Waals surface area contributed by atoms with Crippen molar-refractivity contribution in [3.05, 3.63) is 27.7 Å². The Balaban J connectivity index is 1.63. The van der Waals surface area contributed by atoms with E-state index in [-0.39, 0.29) is 0 Å². The molecule has 0 bridgehead atoms. The van der Waals surface area contributed by atoms with Crippen LogP contribution in [0.4, 0.5) is 5.69 Å². The summed E-state index contributed by atoms with van der Waals surface area (Å²) in [5.41, 5.74) is 0.883. The molecule has 2 N–H and O–H groups in total. The van der Waals surface area contributed by atoms with Crippen molar-refractivity contribution < 1.29 is 4.74 Å². The number of rotatable bonds is 5. The lowest BCUT2D eigenvalue weighted by Crippen LogP contribution is -2.38. The Labute approximate surface area is 144 Å². The van der Waals surface area contributed by atoms with E-state index >= 15 is 0 Å². The largest absolute Gasteiger partial charge is 0.379 e. The van der Waals surface area contributed by atoms with Crippen molar-refractivity contribution in [3.8, 4) is 0 Å². The third kappa shape index (κ3) is 6.08. The van der Waals surface area contributed by atoms with Gasteiger partial charge in [-0.05, 0) is 59.3 Å². The van der Waals surface area contributed by atoms with E-state index in [0.717, 1.165) is 56.0 Å². The standard InChI is InChI=1S/C14H19BrClN3OS/c15-12-3-2-11(10-13(12)16)18-14(21)17-4-1-5-19-6-8-20-9-7-19/h2-3,10H,1,4-9H2,(H2,17,18,21). The predicted molar refractivity (Wildman–Crippen MR) is 95.3 cm³/mol. The van der Waals surface area contributed by atoms with Crippen LogP contribution < -0.4 is 10.6 Å². The van der Waals surface area contributed by atoms with Gasteiger partial charge in [-0.1, -0.05) is 11.6 Å². The van der Waals surface area contributed by atoms with Gasteiger partial charge in [-0.25, -0.2) is 0 Å². The van der Waals surface area contributed by atoms with Gasteiger partial charge in [-0.2, -0.15) is 0 Å². The van der Waals surface area contributed by atoms with Crippen LogP contribution >= 0.6 is 39.7 Å². The fraction of sp³-hybridized carbons (Fsp3) is 0.500. The fourth-order valence-corrected chi connectivity index (χ4v) is 2.73. The van der Waals surface area contributed by atoms with Gasteiger partial charge in [0.1, 0.15) is 0 Å². The van der Waals surface area contributed by atoms with Crippen LogP contribution in [0.5, 0.6) is 0 Å². The Morgan fingerprint density at radius 2 is 2.14 bits per heavy atom. The second kappa shape index (κ2) is 8.90. The zero-order valence-corrected chi connectivity index (χ0v) is 14.9. The zero-order chi connectivity index (χ0) is 15.1. The van der Waals surface area contributed by atoms with Crippen LogP contribution in [0.15, 0.2) is 22.7 Å². The predicted octanol–water partition coefficient (Wildman–Crippen LogP) is 3.11. The van der Waals surface area contributed by atoms with E-state index in [2.05, 4.69) is 31.5 Å². The van der Waals surface area contributed by atoms with Gasteiger partial charge in [0.15, 0.2) is 5.11 Å². The zero-order valence-electron chi connectivity index (χ0n) is 11.7. The first-order chi connectivity index (χ1) is 10.1. The van der Waals surface area contributed by atoms with Crippen molar-refractivity contribution >= 4 is 50.5 Å². The maximum Gasteiger partial charge on any atom is 0.170 e. The molecule has 7 heteroatoms. The summed E-state index contributed by atoms with van der Waals surface area (Å²) in [5.74, 6) is 0. The first kappa shape index (κ1) is 17.0. The maximum absolute atomic E-state index is 6.04. The molecule has 0 radical (unpaired) electrons. The smallest absolute Gasteiger partial charge is 0.170 e. The van der Waals surface area contributed by atoms with Gasteiger partial charge in [0, 0.05) is 29.8 Å². The quantitative estimate of drug-likeness (QED) is 0.595. The van der Waals surface area contributed by atoms with E-state index in [1.807, 2.05) is 18.2 Å². The summed E-state index contributed by atoms with van der Waals surface area (Å²) in [6.45, 7) is 5.67. The molecular formula is C14H19BrClN3OS. The topological polar surface area (TPSA) is 36.5 Å². The molecule has 0 amide bonds. The van der Waals surface area contributed by atoms with Crippen LogP contribution in [0, 0.1) is 0 Å². The first-order valence-electron chi connectivity index (χ1n) is 6.95. The number of nitrogens with zero attached hydrogens (tertiary/aromatic N) is 1. The van der Waals surface area contributed by atoms with E-state index in [0.29, 0.717) is 10.1 Å². The second-order valence-electron chi connectivity index (χ2n) is 4.82. The number of hydrogen-bond acceptors (Lipinski definition) is 3. The normalized spacial score (nSPS) is 15.7. The lowest BCUT2D eigenvalue weighted by atomic mass is 10.3. The molecule has 1 heterocycles. The number of thiocarbonyl (C=S) groups is 1. The van der Waals surface area contributed by atoms with Crippen LogP contribution in [0.1, 0.15) is 6.42 Å². The van der Waals surface area contributed by atoms with Gasteiger partial charge in [0.05, 0.1) is 18.2 Å². The molecule has 1 saturated heterocycles. The number of halogens is 2. The molecule has 1 aliphatic heterocycles. The first-order valence-corrected chi connectivity index (χ1v) is 8.53. The molecule has 4 nitrogen and oxygen atoms in total. The summed E-state index contributed by atoms with van der Waals surface area (Å²) < 4.78 is 6.20. The average molecular weight is 393 g/mol. The molecule has 0 aromatic heterocycles. The molecule has 1 aliphatic rings. The highest BCUT2D eigenvalue weighted by Crippen LogP contribution is 2.25. The Bertz CT molecular complexity index is 483. The van der Waals surface area contributed by atoms with Gasteiger partial charge in [-0.15, -0.1) is 0 Å². The fourth-order valence-electron chi connectivity index (χ4n) is 2.08. The van der Waals surface area contributed by atoms with Crippen molar-refractivity contribution in [2.45, 2.75) is 6.42 Å². The Morgan fingerprint density at radius 1 is 1.38 bits per heavy atom. The second-order valence-corrected chi connectivity index (χ2v) is 6.49. The third-order valence-corrected chi connectivity index (χ3v) is 4.70. The number of ether oxygens (including phenoxy) is 1. The minimum atomic E-state index is 0.621. The van der Waals surface area contributed by atoms with Crippen molar-refractivity contribution in [1.29, 1.82) is 0 Å². The summed E-state index contributed by atoms with van der Waals surface area (Å²) in [6.07, 6.45) is 1.06. The molecular weight excluding hydrogens is 374 g/mol. The lowest BCUT2D eigenvalue weighted by molar-refractivity contribution is 0.0376. The van der Waals surface area contributed by atoms with E-state index in [9.17, 15) is 0 Å². The van der Waals surface area contributed by atoms with E-state index in [4.69, 9.17) is 28.6 Å². The molecule has 2 rings (SSSR count). The molecule has 1 aromatic rings. The maximum atomic E-state index is 6.04. The van der Waals surface area contributed by atoms with Gasteiger partial charge in [0.2, 0.25) is 0 Å². The Morgan fingerprint density at radius 3 is 2.86 bits per heavy atom. The van der Waals surface area contributed by atoms with Gasteiger partial charge >= 0.3 is 0 Å². The van der Waals surface area contributed by atoms with E-state index < -0.39 is 0 Å². The third-order valence-electron chi connectivity index (χ3n) is 3.22. The number of benzene rings is 1. The summed E-state index contributed by atoms with van der Waals surface area (Å²) in [4.78, 5) is 2.41. The molecule has 0 unspecified atom stereocenters. The van der Waals surface area contributed by atoms with Crippen molar-refractivity contribution in [2.75, 3.05) is 44.7 Å². The highest BCUT2D eigenvalue weighted by Gasteiger charge is 2.09. The molecule has 0 aliphatic carbocycles. The van der Waals surface area contributed by atoms with Crippen LogP contribution in [-0.4, -0.2) is 49.4 Å². The monoisotopic (exact) mass is 391 g/mol. The summed E-state index contributed by atoms with van der Waals surface area (Å²) >= 11 is 14.7. The summed E-state index contributed by atoms with van der Waals surface area (Å²) in [7, 11) is 0. The summed E-state index contributed by atoms with van der Waals surface area (Å²) in [6, 6.07) is 5.66. The van der Waals surface area contributed by atoms with Gasteiger partial charge in [-0.3, -0.25) is 4.90 Å². The van der Waals surface area contributed by atoms with Gasteiger partial charge < -0.3 is 15.4 Å². The van der Waals surface area contributed by atoms with Crippen LogP contribution in [-0.2, 0) is 4.74 Å². The minimum absolute atomic E-state index is 0.621. The van der Waals surface area contributed by atoms with Crippen LogP contribution in [0.2, 0.25) is 5.02 Å². The molecule has 0 atom stereocenters. The molecule has 116 valence electrons. The molecule has 21 heavy (non-hydrogen) atoms. The van der Waals surface area contributed by atoms with Crippen LogP contribution in [0.25, 0.3) is 0 Å². The SMILES string of the molecule is S=C(NCCCN1CCOCC1)Nc1ccc(Br)c(Cl)c1. The Hall–Kier alpha value is -0.400. The highest BCUT2D eigenvalue weighted by atomic mass is 79.9. The molecule has 1 fully saturated rings. The lowest BCUT2D eigenvalue weighted by Gasteiger charge is -2.26. The minimum Gasteiger partial charge on any atom is -0.379 e. The Kier molecular flexibility index (Phi) is 7.19. The number of morpholine rings is 1. The van der Waals surface area contributed by atoms with E-state index in [1.165, 1.54) is 0 Å². The van der Waals surface area contributed by atoms with Crippen LogP contribution in [0.3, 0.4) is 0 Å². The van der Waals surface area contributed by atoms with Gasteiger partial charge in [0.25, 0.3) is 0 Å².